The van der Waals surface area contributed by atoms with Crippen molar-refractivity contribution in [2.45, 2.75) is 25.9 Å². The molecule has 0 amide bonds. The molecule has 0 unspecified atom stereocenters. The molecule has 0 spiro atoms. The summed E-state index contributed by atoms with van der Waals surface area (Å²) in [5.74, 6) is 0. The monoisotopic (exact) mass is 158 g/mol. The molecule has 0 aromatic carbocycles. The maximum Gasteiger partial charge on any atom is 0.0756 e. The lowest BCUT2D eigenvalue weighted by Crippen LogP contribution is -2.01. The van der Waals surface area contributed by atoms with Gasteiger partial charge in [-0.3, -0.25) is 0 Å². The highest BCUT2D eigenvalue weighted by Gasteiger charge is 1.98. The Labute approximate surface area is 63.9 Å². The van der Waals surface area contributed by atoms with Crippen LogP contribution >= 0.6 is 11.5 Å². The van der Waals surface area contributed by atoms with Crippen LogP contribution in [0.2, 0.25) is 0 Å². The van der Waals surface area contributed by atoms with Crippen LogP contribution in [0.4, 0.5) is 0 Å². The summed E-state index contributed by atoms with van der Waals surface area (Å²) < 4.78 is 3.71. The minimum Gasteiger partial charge on any atom is -0.393 e. The zero-order chi connectivity index (χ0) is 7.40. The van der Waals surface area contributed by atoms with Crippen molar-refractivity contribution in [1.29, 1.82) is 0 Å². The van der Waals surface area contributed by atoms with E-state index in [0.717, 1.165) is 18.5 Å². The average molecular weight is 158 g/mol. The van der Waals surface area contributed by atoms with Crippen LogP contribution in [0.5, 0.6) is 0 Å². The molecule has 1 aromatic heterocycles. The van der Waals surface area contributed by atoms with Crippen molar-refractivity contribution in [2.24, 2.45) is 0 Å². The molecule has 56 valence electrons. The highest BCUT2D eigenvalue weighted by Crippen LogP contribution is 2.02. The SMILES string of the molecule is C[C@H](O)CCc1csnn1. The molecular weight excluding hydrogens is 148 g/mol. The summed E-state index contributed by atoms with van der Waals surface area (Å²) in [5, 5.41) is 14.7. The molecule has 0 radical (unpaired) electrons. The minimum atomic E-state index is -0.235. The predicted molar refractivity (Wildman–Crippen MR) is 39.9 cm³/mol. The third kappa shape index (κ3) is 2.41. The van der Waals surface area contributed by atoms with Gasteiger partial charge in [-0.25, -0.2) is 0 Å². The molecule has 0 aliphatic carbocycles. The fourth-order valence-corrected chi connectivity index (χ4v) is 1.14. The standard InChI is InChI=1S/C6H10N2OS/c1-5(9)2-3-6-4-10-8-7-6/h4-5,9H,2-3H2,1H3/t5-/m0/s1. The predicted octanol–water partition coefficient (Wildman–Crippen LogP) is 0.851. The van der Waals surface area contributed by atoms with Crippen LogP contribution in [0, 0.1) is 0 Å². The number of nitrogens with zero attached hydrogens (tertiary/aromatic N) is 2. The molecule has 0 fully saturated rings. The van der Waals surface area contributed by atoms with Crippen molar-refractivity contribution < 1.29 is 5.11 Å². The third-order valence-corrected chi connectivity index (χ3v) is 1.78. The van der Waals surface area contributed by atoms with E-state index in [-0.39, 0.29) is 6.10 Å². The Balaban J connectivity index is 2.28. The summed E-state index contributed by atoms with van der Waals surface area (Å²) in [6, 6.07) is 0. The normalized spacial score (nSPS) is 13.4. The smallest absolute Gasteiger partial charge is 0.0756 e. The van der Waals surface area contributed by atoms with Gasteiger partial charge in [0.05, 0.1) is 11.8 Å². The molecule has 0 saturated carbocycles. The molecule has 0 bridgehead atoms. The first-order chi connectivity index (χ1) is 4.79. The number of hydrogen-bond donors (Lipinski definition) is 1. The van der Waals surface area contributed by atoms with Gasteiger partial charge in [0.2, 0.25) is 0 Å². The number of rotatable bonds is 3. The van der Waals surface area contributed by atoms with Gasteiger partial charge in [0.25, 0.3) is 0 Å². The van der Waals surface area contributed by atoms with Gasteiger partial charge in [-0.05, 0) is 31.3 Å². The Hall–Kier alpha value is -0.480. The second-order valence-electron chi connectivity index (χ2n) is 2.28. The molecular formula is C6H10N2OS. The maximum absolute atomic E-state index is 8.91. The number of aliphatic hydroxyl groups excluding tert-OH is 1. The van der Waals surface area contributed by atoms with Gasteiger partial charge in [-0.15, -0.1) is 5.10 Å². The van der Waals surface area contributed by atoms with E-state index in [2.05, 4.69) is 9.59 Å². The molecule has 3 nitrogen and oxygen atoms in total. The molecule has 0 saturated heterocycles. The molecule has 1 heterocycles. The van der Waals surface area contributed by atoms with E-state index in [4.69, 9.17) is 5.11 Å². The van der Waals surface area contributed by atoms with E-state index in [0.29, 0.717) is 0 Å². The average Bonchev–Trinajstić information content (AvgIpc) is 2.34. The molecule has 4 heteroatoms. The molecule has 0 aliphatic rings. The van der Waals surface area contributed by atoms with Gasteiger partial charge >= 0.3 is 0 Å². The van der Waals surface area contributed by atoms with Crippen molar-refractivity contribution in [3.05, 3.63) is 11.1 Å². The Kier molecular flexibility index (Phi) is 2.77. The summed E-state index contributed by atoms with van der Waals surface area (Å²) in [7, 11) is 0. The van der Waals surface area contributed by atoms with Gasteiger partial charge in [0.1, 0.15) is 0 Å². The van der Waals surface area contributed by atoms with E-state index < -0.39 is 0 Å². The fraction of sp³-hybridized carbons (Fsp3) is 0.667. The lowest BCUT2D eigenvalue weighted by molar-refractivity contribution is 0.184. The summed E-state index contributed by atoms with van der Waals surface area (Å²) in [6.07, 6.45) is 1.36. The first-order valence-corrected chi connectivity index (χ1v) is 4.06. The Morgan fingerprint density at radius 2 is 2.60 bits per heavy atom. The lowest BCUT2D eigenvalue weighted by atomic mass is 10.2. The third-order valence-electron chi connectivity index (χ3n) is 1.22. The number of aryl methyl sites for hydroxylation is 1. The Bertz CT molecular complexity index is 174. The van der Waals surface area contributed by atoms with Gasteiger partial charge < -0.3 is 5.11 Å². The molecule has 1 N–H and O–H groups in total. The van der Waals surface area contributed by atoms with Gasteiger partial charge in [-0.1, -0.05) is 4.49 Å². The molecule has 0 aliphatic heterocycles. The van der Waals surface area contributed by atoms with Crippen LogP contribution in [-0.4, -0.2) is 20.8 Å². The molecule has 1 rings (SSSR count). The first-order valence-electron chi connectivity index (χ1n) is 3.23. The summed E-state index contributed by atoms with van der Waals surface area (Å²) in [6.45, 7) is 1.78. The molecule has 1 atom stereocenters. The van der Waals surface area contributed by atoms with Gasteiger partial charge in [0, 0.05) is 5.38 Å². The zero-order valence-corrected chi connectivity index (χ0v) is 6.64. The number of aromatic nitrogens is 2. The first kappa shape index (κ1) is 7.63. The van der Waals surface area contributed by atoms with Crippen molar-refractivity contribution in [2.75, 3.05) is 0 Å². The van der Waals surface area contributed by atoms with Crippen LogP contribution < -0.4 is 0 Å². The van der Waals surface area contributed by atoms with Gasteiger partial charge in [-0.2, -0.15) is 0 Å². The summed E-state index contributed by atoms with van der Waals surface area (Å²) in [5.41, 5.74) is 0.978. The van der Waals surface area contributed by atoms with Gasteiger partial charge in [0.15, 0.2) is 0 Å². The highest BCUT2D eigenvalue weighted by atomic mass is 32.1. The minimum absolute atomic E-state index is 0.235. The fourth-order valence-electron chi connectivity index (χ4n) is 0.650. The number of hydrogen-bond acceptors (Lipinski definition) is 4. The van der Waals surface area contributed by atoms with Crippen molar-refractivity contribution >= 4 is 11.5 Å². The quantitative estimate of drug-likeness (QED) is 0.709. The second-order valence-corrected chi connectivity index (χ2v) is 2.89. The van der Waals surface area contributed by atoms with E-state index >= 15 is 0 Å². The summed E-state index contributed by atoms with van der Waals surface area (Å²) in [4.78, 5) is 0. The highest BCUT2D eigenvalue weighted by molar-refractivity contribution is 7.03. The number of aliphatic hydroxyl groups is 1. The van der Waals surface area contributed by atoms with Crippen LogP contribution in [-0.2, 0) is 6.42 Å². The van der Waals surface area contributed by atoms with E-state index in [1.807, 2.05) is 5.38 Å². The van der Waals surface area contributed by atoms with Crippen molar-refractivity contribution in [3.63, 3.8) is 0 Å². The van der Waals surface area contributed by atoms with Crippen molar-refractivity contribution in [1.82, 2.24) is 9.59 Å². The van der Waals surface area contributed by atoms with E-state index in [1.54, 1.807) is 6.92 Å². The maximum atomic E-state index is 8.91. The van der Waals surface area contributed by atoms with Crippen LogP contribution in [0.1, 0.15) is 19.0 Å². The van der Waals surface area contributed by atoms with Crippen molar-refractivity contribution in [3.8, 4) is 0 Å². The largest absolute Gasteiger partial charge is 0.393 e. The van der Waals surface area contributed by atoms with Crippen LogP contribution in [0.25, 0.3) is 0 Å². The zero-order valence-electron chi connectivity index (χ0n) is 5.82. The topological polar surface area (TPSA) is 46.0 Å². The Morgan fingerprint density at radius 3 is 3.10 bits per heavy atom. The second kappa shape index (κ2) is 3.63. The van der Waals surface area contributed by atoms with E-state index in [9.17, 15) is 0 Å². The van der Waals surface area contributed by atoms with E-state index in [1.165, 1.54) is 11.5 Å². The molecule has 1 aromatic rings. The van der Waals surface area contributed by atoms with Crippen LogP contribution in [0.3, 0.4) is 0 Å². The van der Waals surface area contributed by atoms with Crippen LogP contribution in [0.15, 0.2) is 5.38 Å². The molecule has 10 heavy (non-hydrogen) atoms. The Morgan fingerprint density at radius 1 is 1.80 bits per heavy atom. The lowest BCUT2D eigenvalue weighted by Gasteiger charge is -1.98. The summed E-state index contributed by atoms with van der Waals surface area (Å²) >= 11 is 1.35.